The second kappa shape index (κ2) is 2.38. The molecule has 1 atom stereocenters. The standard InChI is InChI=1S/C7H13NO/c1-3-8-5-4-6(2)7(8)9/h6H,3-5H2,1-2H3. The molecule has 1 amide bonds. The third-order valence-electron chi connectivity index (χ3n) is 1.95. The second-order valence-corrected chi connectivity index (χ2v) is 2.61. The lowest BCUT2D eigenvalue weighted by atomic mass is 10.1. The van der Waals surface area contributed by atoms with Crippen LogP contribution in [0.5, 0.6) is 0 Å². The van der Waals surface area contributed by atoms with Crippen LogP contribution in [0.15, 0.2) is 0 Å². The molecule has 1 aliphatic heterocycles. The van der Waals surface area contributed by atoms with Crippen LogP contribution < -0.4 is 0 Å². The maximum atomic E-state index is 11.1. The Hall–Kier alpha value is -0.530. The van der Waals surface area contributed by atoms with E-state index in [0.29, 0.717) is 5.91 Å². The molecule has 1 aliphatic rings. The Morgan fingerprint density at radius 3 is 2.67 bits per heavy atom. The van der Waals surface area contributed by atoms with Gasteiger partial charge in [0.1, 0.15) is 0 Å². The van der Waals surface area contributed by atoms with Gasteiger partial charge in [-0.15, -0.1) is 0 Å². The molecule has 0 aliphatic carbocycles. The molecule has 0 bridgehead atoms. The Balaban J connectivity index is 2.51. The molecule has 0 aromatic heterocycles. The van der Waals surface area contributed by atoms with E-state index in [0.717, 1.165) is 19.5 Å². The van der Waals surface area contributed by atoms with Gasteiger partial charge >= 0.3 is 0 Å². The lowest BCUT2D eigenvalue weighted by Gasteiger charge is -2.11. The van der Waals surface area contributed by atoms with Crippen LogP contribution in [0, 0.1) is 5.92 Å². The summed E-state index contributed by atoms with van der Waals surface area (Å²) in [5, 5.41) is 0. The predicted octanol–water partition coefficient (Wildman–Crippen LogP) is 0.875. The molecule has 2 nitrogen and oxygen atoms in total. The minimum Gasteiger partial charge on any atom is -0.343 e. The molecule has 0 spiro atoms. The van der Waals surface area contributed by atoms with Crippen LogP contribution in [-0.4, -0.2) is 23.9 Å². The number of carbonyl (C=O) groups excluding carboxylic acids is 1. The highest BCUT2D eigenvalue weighted by Crippen LogP contribution is 2.15. The molecule has 0 radical (unpaired) electrons. The molecule has 0 saturated carbocycles. The molecule has 2 heteroatoms. The van der Waals surface area contributed by atoms with E-state index in [1.165, 1.54) is 0 Å². The zero-order valence-electron chi connectivity index (χ0n) is 6.05. The molecule has 0 N–H and O–H groups in total. The van der Waals surface area contributed by atoms with Crippen molar-refractivity contribution >= 4 is 5.91 Å². The summed E-state index contributed by atoms with van der Waals surface area (Å²) in [4.78, 5) is 13.0. The van der Waals surface area contributed by atoms with Crippen LogP contribution in [0.2, 0.25) is 0 Å². The smallest absolute Gasteiger partial charge is 0.225 e. The third kappa shape index (κ3) is 1.07. The summed E-state index contributed by atoms with van der Waals surface area (Å²) in [6.45, 7) is 5.87. The largest absolute Gasteiger partial charge is 0.343 e. The molecule has 1 saturated heterocycles. The van der Waals surface area contributed by atoms with Crippen LogP contribution in [0.1, 0.15) is 20.3 Å². The first-order valence-electron chi connectivity index (χ1n) is 3.54. The van der Waals surface area contributed by atoms with Gasteiger partial charge in [-0.3, -0.25) is 4.79 Å². The first-order valence-corrected chi connectivity index (χ1v) is 3.54. The fourth-order valence-electron chi connectivity index (χ4n) is 1.21. The second-order valence-electron chi connectivity index (χ2n) is 2.61. The van der Waals surface area contributed by atoms with Crippen LogP contribution in [-0.2, 0) is 4.79 Å². The number of rotatable bonds is 1. The van der Waals surface area contributed by atoms with E-state index >= 15 is 0 Å². The summed E-state index contributed by atoms with van der Waals surface area (Å²) < 4.78 is 0. The highest BCUT2D eigenvalue weighted by molar-refractivity contribution is 5.80. The number of hydrogen-bond acceptors (Lipinski definition) is 1. The van der Waals surface area contributed by atoms with Crippen molar-refractivity contribution in [3.8, 4) is 0 Å². The molecule has 1 heterocycles. The van der Waals surface area contributed by atoms with E-state index < -0.39 is 0 Å². The van der Waals surface area contributed by atoms with Crippen LogP contribution >= 0.6 is 0 Å². The van der Waals surface area contributed by atoms with Crippen LogP contribution in [0.4, 0.5) is 0 Å². The normalized spacial score (nSPS) is 27.6. The van der Waals surface area contributed by atoms with E-state index in [2.05, 4.69) is 0 Å². The highest BCUT2D eigenvalue weighted by atomic mass is 16.2. The van der Waals surface area contributed by atoms with Gasteiger partial charge < -0.3 is 4.90 Å². The Labute approximate surface area is 55.8 Å². The minimum absolute atomic E-state index is 0.282. The van der Waals surface area contributed by atoms with Gasteiger partial charge in [-0.1, -0.05) is 6.92 Å². The van der Waals surface area contributed by atoms with Gasteiger partial charge in [0.05, 0.1) is 0 Å². The maximum Gasteiger partial charge on any atom is 0.225 e. The first kappa shape index (κ1) is 6.59. The topological polar surface area (TPSA) is 20.3 Å². The van der Waals surface area contributed by atoms with Gasteiger partial charge in [0.15, 0.2) is 0 Å². The van der Waals surface area contributed by atoms with E-state index in [-0.39, 0.29) is 5.92 Å². The number of amides is 1. The molecule has 1 fully saturated rings. The van der Waals surface area contributed by atoms with Crippen molar-refractivity contribution in [3.63, 3.8) is 0 Å². The molecule has 1 unspecified atom stereocenters. The van der Waals surface area contributed by atoms with Crippen molar-refractivity contribution < 1.29 is 4.79 Å². The quantitative estimate of drug-likeness (QED) is 0.512. The molecular weight excluding hydrogens is 114 g/mol. The van der Waals surface area contributed by atoms with Gasteiger partial charge in [0.25, 0.3) is 0 Å². The maximum absolute atomic E-state index is 11.1. The van der Waals surface area contributed by atoms with E-state index in [1.807, 2.05) is 18.7 Å². The number of nitrogens with zero attached hydrogens (tertiary/aromatic N) is 1. The highest BCUT2D eigenvalue weighted by Gasteiger charge is 2.25. The summed E-state index contributed by atoms with van der Waals surface area (Å²) in [5.41, 5.74) is 0. The van der Waals surface area contributed by atoms with Gasteiger partial charge in [-0.05, 0) is 13.3 Å². The Kier molecular flexibility index (Phi) is 1.74. The Morgan fingerprint density at radius 2 is 2.44 bits per heavy atom. The van der Waals surface area contributed by atoms with Crippen molar-refractivity contribution in [2.75, 3.05) is 13.1 Å². The summed E-state index contributed by atoms with van der Waals surface area (Å²) in [5.74, 6) is 0.613. The molecular formula is C7H13NO. The fourth-order valence-corrected chi connectivity index (χ4v) is 1.21. The fraction of sp³-hybridized carbons (Fsp3) is 0.857. The number of likely N-dealkylation sites (tertiary alicyclic amines) is 1. The van der Waals surface area contributed by atoms with Crippen molar-refractivity contribution in [2.24, 2.45) is 5.92 Å². The van der Waals surface area contributed by atoms with Gasteiger partial charge in [0.2, 0.25) is 5.91 Å². The van der Waals surface area contributed by atoms with E-state index in [1.54, 1.807) is 0 Å². The SMILES string of the molecule is CCN1CCC(C)C1=O. The minimum atomic E-state index is 0.282. The third-order valence-corrected chi connectivity index (χ3v) is 1.95. The van der Waals surface area contributed by atoms with Gasteiger partial charge in [-0.25, -0.2) is 0 Å². The summed E-state index contributed by atoms with van der Waals surface area (Å²) >= 11 is 0. The van der Waals surface area contributed by atoms with Crippen LogP contribution in [0.25, 0.3) is 0 Å². The molecule has 0 aromatic carbocycles. The average Bonchev–Trinajstić information content (AvgIpc) is 2.15. The van der Waals surface area contributed by atoms with Crippen molar-refractivity contribution in [1.29, 1.82) is 0 Å². The molecule has 52 valence electrons. The van der Waals surface area contributed by atoms with Crippen molar-refractivity contribution in [3.05, 3.63) is 0 Å². The first-order chi connectivity index (χ1) is 4.25. The Morgan fingerprint density at radius 1 is 1.78 bits per heavy atom. The van der Waals surface area contributed by atoms with Crippen molar-refractivity contribution in [1.82, 2.24) is 4.90 Å². The average molecular weight is 127 g/mol. The molecule has 0 aromatic rings. The molecule has 1 rings (SSSR count). The van der Waals surface area contributed by atoms with E-state index in [9.17, 15) is 4.79 Å². The molecule has 9 heavy (non-hydrogen) atoms. The van der Waals surface area contributed by atoms with Crippen molar-refractivity contribution in [2.45, 2.75) is 20.3 Å². The summed E-state index contributed by atoms with van der Waals surface area (Å²) in [7, 11) is 0. The van der Waals surface area contributed by atoms with Crippen LogP contribution in [0.3, 0.4) is 0 Å². The van der Waals surface area contributed by atoms with Gasteiger partial charge in [0, 0.05) is 19.0 Å². The zero-order chi connectivity index (χ0) is 6.85. The van der Waals surface area contributed by atoms with E-state index in [4.69, 9.17) is 0 Å². The van der Waals surface area contributed by atoms with Gasteiger partial charge in [-0.2, -0.15) is 0 Å². The lowest BCUT2D eigenvalue weighted by Crippen LogP contribution is -2.25. The Bertz CT molecular complexity index is 122. The summed E-state index contributed by atoms with van der Waals surface area (Å²) in [6.07, 6.45) is 1.05. The number of carbonyl (C=O) groups is 1. The summed E-state index contributed by atoms with van der Waals surface area (Å²) in [6, 6.07) is 0. The zero-order valence-corrected chi connectivity index (χ0v) is 6.05. The monoisotopic (exact) mass is 127 g/mol. The number of hydrogen-bond donors (Lipinski definition) is 0. The predicted molar refractivity (Wildman–Crippen MR) is 36.0 cm³/mol. The lowest BCUT2D eigenvalue weighted by molar-refractivity contribution is -0.130.